The molecular weight excluding hydrogens is 749 g/mol. The van der Waals surface area contributed by atoms with Crippen molar-refractivity contribution in [1.82, 2.24) is 0 Å². The molecule has 302 valence electrons. The third-order valence-electron chi connectivity index (χ3n) is 14.3. The molecule has 11 rings (SSSR count). The monoisotopic (exact) mass is 800 g/mol. The van der Waals surface area contributed by atoms with Gasteiger partial charge in [0.15, 0.2) is 0 Å². The molecule has 2 nitrogen and oxygen atoms in total. The fourth-order valence-corrected chi connectivity index (χ4v) is 11.0. The molecule has 0 aromatic heterocycles. The summed E-state index contributed by atoms with van der Waals surface area (Å²) in [6.45, 7) is 18.7. The van der Waals surface area contributed by atoms with Gasteiger partial charge in [-0.1, -0.05) is 149 Å². The Balaban J connectivity index is 1.15. The Hall–Kier alpha value is -6.90. The van der Waals surface area contributed by atoms with Crippen LogP contribution in [0.1, 0.15) is 72.2 Å². The zero-order chi connectivity index (χ0) is 42.7. The molecule has 0 N–H and O–H groups in total. The van der Waals surface area contributed by atoms with Crippen LogP contribution in [0, 0.1) is 27.7 Å². The van der Waals surface area contributed by atoms with Gasteiger partial charge < -0.3 is 9.80 Å². The van der Waals surface area contributed by atoms with Gasteiger partial charge in [0.25, 0.3) is 0 Å². The Morgan fingerprint density at radius 3 is 0.871 bits per heavy atom. The zero-order valence-corrected chi connectivity index (χ0v) is 37.1. The van der Waals surface area contributed by atoms with Crippen molar-refractivity contribution in [2.75, 3.05) is 9.80 Å². The molecular formula is C60H52N2. The van der Waals surface area contributed by atoms with Crippen LogP contribution in [-0.2, 0) is 10.8 Å². The minimum Gasteiger partial charge on any atom is -0.309 e. The Kier molecular flexibility index (Phi) is 8.48. The van der Waals surface area contributed by atoms with Crippen molar-refractivity contribution >= 4 is 55.7 Å². The first-order chi connectivity index (χ1) is 30.0. The minimum atomic E-state index is -0.253. The summed E-state index contributed by atoms with van der Waals surface area (Å²) in [5.41, 5.74) is 22.7. The lowest BCUT2D eigenvalue weighted by Gasteiger charge is -2.32. The molecule has 0 saturated carbocycles. The first kappa shape index (κ1) is 38.1. The highest BCUT2D eigenvalue weighted by Crippen LogP contribution is 2.61. The van der Waals surface area contributed by atoms with Gasteiger partial charge in [0, 0.05) is 44.4 Å². The zero-order valence-electron chi connectivity index (χ0n) is 37.1. The molecule has 2 aliphatic rings. The molecule has 62 heavy (non-hydrogen) atoms. The number of rotatable bonds is 6. The van der Waals surface area contributed by atoms with Crippen LogP contribution in [0.2, 0.25) is 0 Å². The number of aryl methyl sites for hydroxylation is 4. The largest absolute Gasteiger partial charge is 0.309 e. The van der Waals surface area contributed by atoms with Gasteiger partial charge in [-0.2, -0.15) is 0 Å². The molecule has 0 radical (unpaired) electrons. The van der Waals surface area contributed by atoms with Crippen LogP contribution in [0.25, 0.3) is 43.8 Å². The molecule has 2 aliphatic carbocycles. The maximum atomic E-state index is 2.58. The van der Waals surface area contributed by atoms with Crippen molar-refractivity contribution in [1.29, 1.82) is 0 Å². The average molecular weight is 801 g/mol. The molecule has 0 unspecified atom stereocenters. The highest BCUT2D eigenvalue weighted by Gasteiger charge is 2.44. The molecule has 9 aromatic rings. The van der Waals surface area contributed by atoms with Gasteiger partial charge in [-0.3, -0.25) is 0 Å². The van der Waals surface area contributed by atoms with Crippen LogP contribution < -0.4 is 9.80 Å². The predicted octanol–water partition coefficient (Wildman–Crippen LogP) is 16.8. The van der Waals surface area contributed by atoms with Crippen molar-refractivity contribution in [3.05, 3.63) is 214 Å². The van der Waals surface area contributed by atoms with E-state index in [1.807, 2.05) is 0 Å². The molecule has 0 heterocycles. The molecule has 0 aliphatic heterocycles. The molecule has 0 amide bonds. The van der Waals surface area contributed by atoms with E-state index in [9.17, 15) is 0 Å². The fraction of sp³-hybridized carbons (Fsp3) is 0.167. The summed E-state index contributed by atoms with van der Waals surface area (Å²) in [6.07, 6.45) is 0. The van der Waals surface area contributed by atoms with Crippen LogP contribution in [0.3, 0.4) is 0 Å². The lowest BCUT2D eigenvalue weighted by molar-refractivity contribution is 0.652. The summed E-state index contributed by atoms with van der Waals surface area (Å²) in [4.78, 5) is 5.01. The third-order valence-corrected chi connectivity index (χ3v) is 14.3. The van der Waals surface area contributed by atoms with Crippen LogP contribution in [0.15, 0.2) is 170 Å². The van der Waals surface area contributed by atoms with Crippen molar-refractivity contribution in [2.45, 2.75) is 66.2 Å². The predicted molar refractivity (Wildman–Crippen MR) is 265 cm³/mol. The molecule has 0 spiro atoms. The number of benzene rings is 9. The third kappa shape index (κ3) is 5.42. The number of anilines is 6. The van der Waals surface area contributed by atoms with Gasteiger partial charge in [-0.15, -0.1) is 0 Å². The van der Waals surface area contributed by atoms with Gasteiger partial charge in [-0.25, -0.2) is 0 Å². The SMILES string of the molecule is Cc1ccccc1N(c1ccccc1C)c1cc2c(c3ccccc13)-c1cc3c(cc1C2(C)C)-c1c(cc(N(c2ccccc2C)c2ccccc2C)c2ccccc12)C3(C)C. The van der Waals surface area contributed by atoms with E-state index in [1.165, 1.54) is 122 Å². The highest BCUT2D eigenvalue weighted by molar-refractivity contribution is 6.13. The number of para-hydroxylation sites is 4. The van der Waals surface area contributed by atoms with Gasteiger partial charge >= 0.3 is 0 Å². The Morgan fingerprint density at radius 2 is 0.565 bits per heavy atom. The van der Waals surface area contributed by atoms with Crippen LogP contribution in [-0.4, -0.2) is 0 Å². The van der Waals surface area contributed by atoms with E-state index in [2.05, 4.69) is 235 Å². The summed E-state index contributed by atoms with van der Waals surface area (Å²) in [5.74, 6) is 0. The molecule has 0 bridgehead atoms. The second-order valence-corrected chi connectivity index (χ2v) is 18.7. The number of nitrogens with zero attached hydrogens (tertiary/aromatic N) is 2. The molecule has 0 fully saturated rings. The smallest absolute Gasteiger partial charge is 0.0543 e. The van der Waals surface area contributed by atoms with E-state index >= 15 is 0 Å². The van der Waals surface area contributed by atoms with E-state index in [4.69, 9.17) is 0 Å². The first-order valence-corrected chi connectivity index (χ1v) is 22.1. The molecule has 0 saturated heterocycles. The van der Waals surface area contributed by atoms with Crippen LogP contribution in [0.5, 0.6) is 0 Å². The standard InChI is InChI=1S/C60H52N2/c1-37-21-9-17-29-51(37)61(52-30-18-10-22-38(52)2)55-35-49-57(43-27-15-13-25-41(43)55)45-33-48-46(34-47(45)59(49,5)6)58-44-28-16-14-26-42(44)56(36-50(58)60(48,7)8)62(53-31-19-11-23-39(53)3)54-32-20-12-24-40(54)4/h9-36H,1-8H3. The Labute approximate surface area is 366 Å². The second kappa shape index (κ2) is 13.8. The normalized spacial score (nSPS) is 14.1. The van der Waals surface area contributed by atoms with Crippen molar-refractivity contribution in [3.8, 4) is 22.3 Å². The Morgan fingerprint density at radius 1 is 0.290 bits per heavy atom. The summed E-state index contributed by atoms with van der Waals surface area (Å²) >= 11 is 0. The van der Waals surface area contributed by atoms with Crippen molar-refractivity contribution in [3.63, 3.8) is 0 Å². The van der Waals surface area contributed by atoms with E-state index in [0.29, 0.717) is 0 Å². The summed E-state index contributed by atoms with van der Waals surface area (Å²) < 4.78 is 0. The molecule has 0 atom stereocenters. The number of fused-ring (bicyclic) bond motifs is 10. The van der Waals surface area contributed by atoms with Gasteiger partial charge in [0.05, 0.1) is 11.4 Å². The lowest BCUT2D eigenvalue weighted by Crippen LogP contribution is -2.18. The number of hydrogen-bond acceptors (Lipinski definition) is 2. The topological polar surface area (TPSA) is 6.48 Å². The van der Waals surface area contributed by atoms with Gasteiger partial charge in [0.1, 0.15) is 0 Å². The summed E-state index contributed by atoms with van der Waals surface area (Å²) in [7, 11) is 0. The fourth-order valence-electron chi connectivity index (χ4n) is 11.0. The van der Waals surface area contributed by atoms with Crippen LogP contribution in [0.4, 0.5) is 34.1 Å². The average Bonchev–Trinajstić information content (AvgIpc) is 3.64. The second-order valence-electron chi connectivity index (χ2n) is 18.7. The first-order valence-electron chi connectivity index (χ1n) is 22.1. The lowest BCUT2D eigenvalue weighted by atomic mass is 9.79. The van der Waals surface area contributed by atoms with E-state index in [0.717, 1.165) is 0 Å². The maximum Gasteiger partial charge on any atom is 0.0543 e. The van der Waals surface area contributed by atoms with E-state index in [1.54, 1.807) is 0 Å². The summed E-state index contributed by atoms with van der Waals surface area (Å²) in [5, 5.41) is 5.11. The van der Waals surface area contributed by atoms with E-state index < -0.39 is 0 Å². The highest BCUT2D eigenvalue weighted by atomic mass is 15.2. The van der Waals surface area contributed by atoms with Crippen molar-refractivity contribution < 1.29 is 0 Å². The minimum absolute atomic E-state index is 0.253. The quantitative estimate of drug-likeness (QED) is 0.165. The van der Waals surface area contributed by atoms with Gasteiger partial charge in [-0.05, 0) is 154 Å². The van der Waals surface area contributed by atoms with Crippen LogP contribution >= 0.6 is 0 Å². The molecule has 2 heteroatoms. The van der Waals surface area contributed by atoms with Crippen molar-refractivity contribution in [2.24, 2.45) is 0 Å². The molecule has 9 aromatic carbocycles. The van der Waals surface area contributed by atoms with E-state index in [-0.39, 0.29) is 10.8 Å². The maximum absolute atomic E-state index is 2.58. The van der Waals surface area contributed by atoms with Gasteiger partial charge in [0.2, 0.25) is 0 Å². The summed E-state index contributed by atoms with van der Waals surface area (Å²) in [6, 6.07) is 63.7. The number of hydrogen-bond donors (Lipinski definition) is 0. The Bertz CT molecular complexity index is 3000.